The van der Waals surface area contributed by atoms with Crippen LogP contribution in [0.3, 0.4) is 0 Å². The van der Waals surface area contributed by atoms with E-state index in [1.165, 1.54) is 5.56 Å². The first kappa shape index (κ1) is 17.9. The summed E-state index contributed by atoms with van der Waals surface area (Å²) in [6.07, 6.45) is 4.42. The highest BCUT2D eigenvalue weighted by atomic mass is 16.5. The molecule has 2 heterocycles. The molecule has 0 spiro atoms. The van der Waals surface area contributed by atoms with Crippen LogP contribution < -0.4 is 10.1 Å². The zero-order valence-corrected chi connectivity index (χ0v) is 16.2. The molecule has 2 aromatic carbocycles. The predicted molar refractivity (Wildman–Crippen MR) is 114 cm³/mol. The number of fused-ring (bicyclic) bond motifs is 1. The van der Waals surface area contributed by atoms with E-state index in [-0.39, 0.29) is 0 Å². The van der Waals surface area contributed by atoms with Crippen molar-refractivity contribution < 1.29 is 4.74 Å². The predicted octanol–water partition coefficient (Wildman–Crippen LogP) is 4.97. The van der Waals surface area contributed by atoms with Gasteiger partial charge >= 0.3 is 0 Å². The Bertz CT molecular complexity index is 1130. The molecule has 0 atom stereocenters. The first-order valence-corrected chi connectivity index (χ1v) is 9.30. The molecule has 2 aromatic heterocycles. The number of rotatable bonds is 5. The third-order valence-electron chi connectivity index (χ3n) is 4.82. The minimum absolute atomic E-state index is 0.675. The molecule has 140 valence electrons. The van der Waals surface area contributed by atoms with Gasteiger partial charge in [-0.3, -0.25) is 4.98 Å². The molecule has 0 aliphatic heterocycles. The van der Waals surface area contributed by atoms with Gasteiger partial charge in [-0.15, -0.1) is 0 Å². The van der Waals surface area contributed by atoms with Crippen molar-refractivity contribution in [1.82, 2.24) is 15.0 Å². The zero-order chi connectivity index (χ0) is 19.5. The third kappa shape index (κ3) is 3.27. The second-order valence-electron chi connectivity index (χ2n) is 6.50. The monoisotopic (exact) mass is 370 g/mol. The number of nitrogens with one attached hydrogen (secondary N) is 1. The van der Waals surface area contributed by atoms with Crippen LogP contribution in [-0.4, -0.2) is 29.1 Å². The van der Waals surface area contributed by atoms with Crippen LogP contribution in [0.25, 0.3) is 33.4 Å². The molecule has 0 saturated carbocycles. The van der Waals surface area contributed by atoms with Crippen molar-refractivity contribution in [2.75, 3.05) is 19.5 Å². The van der Waals surface area contributed by atoms with Gasteiger partial charge in [-0.25, -0.2) is 9.97 Å². The van der Waals surface area contributed by atoms with Gasteiger partial charge in [0.05, 0.1) is 12.6 Å². The van der Waals surface area contributed by atoms with Gasteiger partial charge in [-0.05, 0) is 59.5 Å². The standard InChI is InChI=1S/C23H22N4O/c1-4-15-11-18(16-7-5-9-19(12-16)28-3)13-20-21(15)26-22(27-23(20)24-2)17-8-6-10-25-14-17/h5-14H,4H2,1-3H3,(H,24,26,27). The Kier molecular flexibility index (Phi) is 4.89. The lowest BCUT2D eigenvalue weighted by Crippen LogP contribution is -2.01. The van der Waals surface area contributed by atoms with E-state index < -0.39 is 0 Å². The van der Waals surface area contributed by atoms with Crippen molar-refractivity contribution in [2.45, 2.75) is 13.3 Å². The third-order valence-corrected chi connectivity index (χ3v) is 4.82. The Labute approximate surface area is 164 Å². The van der Waals surface area contributed by atoms with Crippen molar-refractivity contribution in [2.24, 2.45) is 0 Å². The molecule has 4 rings (SSSR count). The molecule has 0 aliphatic carbocycles. The number of pyridine rings is 1. The Hall–Kier alpha value is -3.47. The number of aromatic nitrogens is 3. The molecule has 0 unspecified atom stereocenters. The highest BCUT2D eigenvalue weighted by molar-refractivity contribution is 5.96. The highest BCUT2D eigenvalue weighted by Gasteiger charge is 2.14. The van der Waals surface area contributed by atoms with Gasteiger partial charge in [0, 0.05) is 30.4 Å². The molecule has 0 amide bonds. The van der Waals surface area contributed by atoms with Crippen LogP contribution in [0, 0.1) is 0 Å². The molecule has 5 heteroatoms. The fourth-order valence-electron chi connectivity index (χ4n) is 3.36. The Morgan fingerprint density at radius 1 is 0.964 bits per heavy atom. The van der Waals surface area contributed by atoms with E-state index in [0.717, 1.165) is 45.6 Å². The molecule has 0 bridgehead atoms. The van der Waals surface area contributed by atoms with Gasteiger partial charge in [0.2, 0.25) is 0 Å². The van der Waals surface area contributed by atoms with E-state index in [4.69, 9.17) is 14.7 Å². The quantitative estimate of drug-likeness (QED) is 0.537. The fraction of sp³-hybridized carbons (Fsp3) is 0.174. The summed E-state index contributed by atoms with van der Waals surface area (Å²) in [6, 6.07) is 16.3. The van der Waals surface area contributed by atoms with E-state index in [0.29, 0.717) is 5.82 Å². The largest absolute Gasteiger partial charge is 0.497 e. The maximum Gasteiger partial charge on any atom is 0.163 e. The number of ether oxygens (including phenoxy) is 1. The van der Waals surface area contributed by atoms with Crippen molar-refractivity contribution in [3.05, 3.63) is 66.5 Å². The lowest BCUT2D eigenvalue weighted by Gasteiger charge is -2.14. The SMILES string of the molecule is CCc1cc(-c2cccc(OC)c2)cc2c(NC)nc(-c3cccnc3)nc12. The first-order chi connectivity index (χ1) is 13.7. The molecule has 0 aliphatic rings. The van der Waals surface area contributed by atoms with E-state index >= 15 is 0 Å². The average Bonchev–Trinajstić information content (AvgIpc) is 2.78. The molecule has 0 saturated heterocycles. The number of aryl methyl sites for hydroxylation is 1. The smallest absolute Gasteiger partial charge is 0.163 e. The first-order valence-electron chi connectivity index (χ1n) is 9.30. The van der Waals surface area contributed by atoms with E-state index in [9.17, 15) is 0 Å². The fourth-order valence-corrected chi connectivity index (χ4v) is 3.36. The van der Waals surface area contributed by atoms with Gasteiger partial charge in [-0.2, -0.15) is 0 Å². The average molecular weight is 370 g/mol. The van der Waals surface area contributed by atoms with Gasteiger partial charge in [-0.1, -0.05) is 19.1 Å². The van der Waals surface area contributed by atoms with Crippen molar-refractivity contribution >= 4 is 16.7 Å². The van der Waals surface area contributed by atoms with Crippen LogP contribution in [0.2, 0.25) is 0 Å². The summed E-state index contributed by atoms with van der Waals surface area (Å²) in [5.74, 6) is 2.32. The summed E-state index contributed by atoms with van der Waals surface area (Å²) in [6.45, 7) is 2.15. The molecular weight excluding hydrogens is 348 g/mol. The number of benzene rings is 2. The van der Waals surface area contributed by atoms with Crippen LogP contribution >= 0.6 is 0 Å². The van der Waals surface area contributed by atoms with Crippen LogP contribution in [0.4, 0.5) is 5.82 Å². The number of methoxy groups -OCH3 is 1. The van der Waals surface area contributed by atoms with E-state index in [1.54, 1.807) is 19.5 Å². The maximum absolute atomic E-state index is 5.39. The van der Waals surface area contributed by atoms with Crippen LogP contribution in [0.15, 0.2) is 60.9 Å². The van der Waals surface area contributed by atoms with Gasteiger partial charge in [0.15, 0.2) is 5.82 Å². The summed E-state index contributed by atoms with van der Waals surface area (Å²) in [5, 5.41) is 4.24. The number of hydrogen-bond donors (Lipinski definition) is 1. The number of hydrogen-bond acceptors (Lipinski definition) is 5. The number of anilines is 1. The summed E-state index contributed by atoms with van der Waals surface area (Å²) in [5.41, 5.74) is 5.28. The molecule has 0 radical (unpaired) electrons. The molecule has 4 aromatic rings. The lowest BCUT2D eigenvalue weighted by atomic mass is 9.98. The minimum atomic E-state index is 0.675. The second-order valence-corrected chi connectivity index (χ2v) is 6.50. The van der Waals surface area contributed by atoms with E-state index in [2.05, 4.69) is 35.4 Å². The van der Waals surface area contributed by atoms with Crippen LogP contribution in [0.1, 0.15) is 12.5 Å². The summed E-state index contributed by atoms with van der Waals surface area (Å²) in [4.78, 5) is 13.8. The Morgan fingerprint density at radius 3 is 2.54 bits per heavy atom. The molecular formula is C23H22N4O. The molecule has 1 N–H and O–H groups in total. The molecule has 28 heavy (non-hydrogen) atoms. The van der Waals surface area contributed by atoms with Crippen molar-refractivity contribution in [3.8, 4) is 28.3 Å². The minimum Gasteiger partial charge on any atom is -0.497 e. The normalized spacial score (nSPS) is 10.8. The summed E-state index contributed by atoms with van der Waals surface area (Å²) in [7, 11) is 3.57. The van der Waals surface area contributed by atoms with E-state index in [1.807, 2.05) is 37.4 Å². The topological polar surface area (TPSA) is 59.9 Å². The Morgan fingerprint density at radius 2 is 1.82 bits per heavy atom. The Balaban J connectivity index is 1.95. The van der Waals surface area contributed by atoms with Gasteiger partial charge in [0.1, 0.15) is 11.6 Å². The highest BCUT2D eigenvalue weighted by Crippen LogP contribution is 2.33. The van der Waals surface area contributed by atoms with Gasteiger partial charge in [0.25, 0.3) is 0 Å². The van der Waals surface area contributed by atoms with Crippen molar-refractivity contribution in [3.63, 3.8) is 0 Å². The maximum atomic E-state index is 5.39. The van der Waals surface area contributed by atoms with Crippen LogP contribution in [-0.2, 0) is 6.42 Å². The summed E-state index contributed by atoms with van der Waals surface area (Å²) < 4.78 is 5.39. The zero-order valence-electron chi connectivity index (χ0n) is 16.2. The summed E-state index contributed by atoms with van der Waals surface area (Å²) >= 11 is 0. The lowest BCUT2D eigenvalue weighted by molar-refractivity contribution is 0.415. The second kappa shape index (κ2) is 7.64. The van der Waals surface area contributed by atoms with Crippen molar-refractivity contribution in [1.29, 1.82) is 0 Å². The molecule has 5 nitrogen and oxygen atoms in total. The number of nitrogens with zero attached hydrogens (tertiary/aromatic N) is 3. The van der Waals surface area contributed by atoms with Gasteiger partial charge < -0.3 is 10.1 Å². The molecule has 0 fully saturated rings. The van der Waals surface area contributed by atoms with Crippen LogP contribution in [0.5, 0.6) is 5.75 Å².